The number of phenols is 1. The minimum absolute atomic E-state index is 0.0182. The number of carboxylic acids is 1. The molecule has 0 aliphatic heterocycles. The van der Waals surface area contributed by atoms with Crippen LogP contribution in [0.1, 0.15) is 5.56 Å². The first-order valence-corrected chi connectivity index (χ1v) is 8.22. The van der Waals surface area contributed by atoms with E-state index >= 15 is 0 Å². The van der Waals surface area contributed by atoms with E-state index < -0.39 is 5.97 Å². The number of nitrogens with zero attached hydrogens (tertiary/aromatic N) is 1. The molecule has 3 rings (SSSR count). The lowest BCUT2D eigenvalue weighted by atomic mass is 10.2. The summed E-state index contributed by atoms with van der Waals surface area (Å²) in [5.74, 6) is -1.20. The van der Waals surface area contributed by atoms with Crippen LogP contribution in [0.2, 0.25) is 5.02 Å². The van der Waals surface area contributed by atoms with Gasteiger partial charge < -0.3 is 19.4 Å². The topological polar surface area (TPSA) is 92.8 Å². The number of aromatic hydroxyl groups is 1. The van der Waals surface area contributed by atoms with Crippen LogP contribution in [0.4, 0.5) is 0 Å². The smallest absolute Gasteiger partial charge is 0.342 e. The normalized spacial score (nSPS) is 11.7. The number of aromatic nitrogens is 1. The quantitative estimate of drug-likeness (QED) is 0.502. The summed E-state index contributed by atoms with van der Waals surface area (Å²) in [4.78, 5) is 15.8. The van der Waals surface area contributed by atoms with Gasteiger partial charge in [-0.05, 0) is 47.7 Å². The molecule has 3 aromatic rings. The predicted octanol–water partition coefficient (Wildman–Crippen LogP) is 4.41. The summed E-state index contributed by atoms with van der Waals surface area (Å²) in [6.45, 7) is 0. The van der Waals surface area contributed by atoms with Gasteiger partial charge in [-0.15, -0.1) is 0 Å². The number of carboxylic acid groups (broad SMARTS) is 1. The van der Waals surface area contributed by atoms with Crippen LogP contribution in [0.25, 0.3) is 17.2 Å². The molecule has 0 aliphatic carbocycles. The summed E-state index contributed by atoms with van der Waals surface area (Å²) in [6.07, 6.45) is 1.40. The van der Waals surface area contributed by atoms with Crippen LogP contribution in [0.15, 0.2) is 50.9 Å². The fourth-order valence-electron chi connectivity index (χ4n) is 2.11. The standard InChI is InChI=1S/C17H12ClNO5S/c1-23-13-7-9(6-10(18)15(13)20)8-14(16(21)22)25-17-19-11-4-2-3-5-12(11)24-17/h2-8,20H,1H3,(H,21,22)/b14-8-. The Morgan fingerprint density at radius 2 is 2.12 bits per heavy atom. The van der Waals surface area contributed by atoms with Gasteiger partial charge in [-0.1, -0.05) is 23.7 Å². The zero-order chi connectivity index (χ0) is 18.0. The zero-order valence-electron chi connectivity index (χ0n) is 12.9. The first-order chi connectivity index (χ1) is 12.0. The second-order valence-electron chi connectivity index (χ2n) is 4.92. The van der Waals surface area contributed by atoms with Crippen LogP contribution in [0, 0.1) is 0 Å². The molecule has 2 aromatic carbocycles. The fraction of sp³-hybridized carbons (Fsp3) is 0.0588. The summed E-state index contributed by atoms with van der Waals surface area (Å²) >= 11 is 6.81. The minimum Gasteiger partial charge on any atom is -0.503 e. The number of carbonyl (C=O) groups is 1. The van der Waals surface area contributed by atoms with E-state index in [1.165, 1.54) is 25.3 Å². The lowest BCUT2D eigenvalue weighted by Crippen LogP contribution is -1.97. The van der Waals surface area contributed by atoms with Crippen molar-refractivity contribution in [3.05, 3.63) is 51.9 Å². The van der Waals surface area contributed by atoms with Gasteiger partial charge in [0.2, 0.25) is 0 Å². The molecule has 0 aliphatic rings. The summed E-state index contributed by atoms with van der Waals surface area (Å²) in [5.41, 5.74) is 1.67. The molecule has 0 saturated carbocycles. The van der Waals surface area contributed by atoms with Crippen molar-refractivity contribution in [2.45, 2.75) is 5.22 Å². The van der Waals surface area contributed by atoms with Crippen molar-refractivity contribution >= 4 is 46.5 Å². The number of oxazole rings is 1. The van der Waals surface area contributed by atoms with E-state index in [9.17, 15) is 15.0 Å². The van der Waals surface area contributed by atoms with Gasteiger partial charge in [-0.3, -0.25) is 0 Å². The number of methoxy groups -OCH3 is 1. The maximum atomic E-state index is 11.6. The first-order valence-electron chi connectivity index (χ1n) is 7.03. The average Bonchev–Trinajstić information content (AvgIpc) is 2.99. The molecule has 6 nitrogen and oxygen atoms in total. The van der Waals surface area contributed by atoms with Crippen molar-refractivity contribution in [3.63, 3.8) is 0 Å². The molecule has 128 valence electrons. The maximum absolute atomic E-state index is 11.6. The average molecular weight is 378 g/mol. The van der Waals surface area contributed by atoms with E-state index in [1.807, 2.05) is 6.07 Å². The van der Waals surface area contributed by atoms with E-state index in [4.69, 9.17) is 20.8 Å². The number of hydrogen-bond donors (Lipinski definition) is 2. The lowest BCUT2D eigenvalue weighted by Gasteiger charge is -2.07. The van der Waals surface area contributed by atoms with Crippen LogP contribution >= 0.6 is 23.4 Å². The van der Waals surface area contributed by atoms with Crippen molar-refractivity contribution < 1.29 is 24.2 Å². The highest BCUT2D eigenvalue weighted by atomic mass is 35.5. The second kappa shape index (κ2) is 7.08. The first kappa shape index (κ1) is 17.2. The van der Waals surface area contributed by atoms with Gasteiger partial charge in [0.1, 0.15) is 10.4 Å². The molecule has 0 unspecified atom stereocenters. The molecule has 2 N–H and O–H groups in total. The molecule has 0 radical (unpaired) electrons. The highest BCUT2D eigenvalue weighted by Crippen LogP contribution is 2.37. The third-order valence-corrected chi connectivity index (χ3v) is 4.40. The molecule has 0 saturated heterocycles. The summed E-state index contributed by atoms with van der Waals surface area (Å²) in [7, 11) is 1.38. The van der Waals surface area contributed by atoms with Crippen LogP contribution in [0.3, 0.4) is 0 Å². The third kappa shape index (κ3) is 3.72. The Morgan fingerprint density at radius 3 is 2.80 bits per heavy atom. The van der Waals surface area contributed by atoms with Gasteiger partial charge in [0.05, 0.1) is 12.1 Å². The second-order valence-corrected chi connectivity index (χ2v) is 6.32. The Morgan fingerprint density at radius 1 is 1.36 bits per heavy atom. The lowest BCUT2D eigenvalue weighted by molar-refractivity contribution is -0.131. The largest absolute Gasteiger partial charge is 0.503 e. The SMILES string of the molecule is COc1cc(/C=C(\Sc2nc3ccccc3o2)C(=O)O)cc(Cl)c1O. The zero-order valence-corrected chi connectivity index (χ0v) is 14.5. The van der Waals surface area contributed by atoms with E-state index in [1.54, 1.807) is 18.2 Å². The molecular formula is C17H12ClNO5S. The van der Waals surface area contributed by atoms with Gasteiger partial charge in [-0.2, -0.15) is 0 Å². The van der Waals surface area contributed by atoms with Crippen LogP contribution in [-0.4, -0.2) is 28.3 Å². The van der Waals surface area contributed by atoms with Gasteiger partial charge in [0.15, 0.2) is 17.1 Å². The van der Waals surface area contributed by atoms with Gasteiger partial charge in [0, 0.05) is 0 Å². The van der Waals surface area contributed by atoms with Crippen LogP contribution in [0.5, 0.6) is 11.5 Å². The van der Waals surface area contributed by atoms with E-state index in [0.29, 0.717) is 16.7 Å². The number of hydrogen-bond acceptors (Lipinski definition) is 6. The van der Waals surface area contributed by atoms with Crippen LogP contribution < -0.4 is 4.74 Å². The van der Waals surface area contributed by atoms with E-state index in [0.717, 1.165) is 11.8 Å². The Balaban J connectivity index is 1.97. The number of ether oxygens (including phenoxy) is 1. The summed E-state index contributed by atoms with van der Waals surface area (Å²) in [6, 6.07) is 10.1. The summed E-state index contributed by atoms with van der Waals surface area (Å²) < 4.78 is 10.5. The molecule has 1 aromatic heterocycles. The monoisotopic (exact) mass is 377 g/mol. The maximum Gasteiger partial charge on any atom is 0.342 e. The molecule has 0 fully saturated rings. The number of thioether (sulfide) groups is 1. The number of fused-ring (bicyclic) bond motifs is 1. The number of phenolic OH excluding ortho intramolecular Hbond substituents is 1. The Bertz CT molecular complexity index is 949. The van der Waals surface area contributed by atoms with Crippen LogP contribution in [-0.2, 0) is 4.79 Å². The highest BCUT2D eigenvalue weighted by molar-refractivity contribution is 8.03. The molecule has 0 spiro atoms. The number of halogens is 1. The Labute approximate surface area is 151 Å². The highest BCUT2D eigenvalue weighted by Gasteiger charge is 2.16. The van der Waals surface area contributed by atoms with Gasteiger partial charge >= 0.3 is 5.97 Å². The van der Waals surface area contributed by atoms with Crippen molar-refractivity contribution in [1.29, 1.82) is 0 Å². The molecule has 0 bridgehead atoms. The van der Waals surface area contributed by atoms with E-state index in [-0.39, 0.29) is 26.6 Å². The molecule has 0 amide bonds. The number of rotatable bonds is 5. The summed E-state index contributed by atoms with van der Waals surface area (Å²) in [5, 5.41) is 19.5. The van der Waals surface area contributed by atoms with Gasteiger partial charge in [0.25, 0.3) is 5.22 Å². The molecule has 1 heterocycles. The minimum atomic E-state index is -1.14. The molecule has 25 heavy (non-hydrogen) atoms. The van der Waals surface area contributed by atoms with Crippen molar-refractivity contribution in [2.75, 3.05) is 7.11 Å². The molecule has 0 atom stereocenters. The predicted molar refractivity (Wildman–Crippen MR) is 95.1 cm³/mol. The third-order valence-electron chi connectivity index (χ3n) is 3.25. The molecular weight excluding hydrogens is 366 g/mol. The van der Waals surface area contributed by atoms with E-state index in [2.05, 4.69) is 4.98 Å². The van der Waals surface area contributed by atoms with Crippen molar-refractivity contribution in [1.82, 2.24) is 4.98 Å². The number of aliphatic carboxylic acids is 1. The van der Waals surface area contributed by atoms with Crippen molar-refractivity contribution in [3.8, 4) is 11.5 Å². The Kier molecular flexibility index (Phi) is 4.87. The Hall–Kier alpha value is -2.64. The number of benzene rings is 2. The van der Waals surface area contributed by atoms with Crippen molar-refractivity contribution in [2.24, 2.45) is 0 Å². The molecule has 8 heteroatoms. The fourth-order valence-corrected chi connectivity index (χ4v) is 3.07. The number of para-hydroxylation sites is 2. The van der Waals surface area contributed by atoms with Gasteiger partial charge in [-0.25, -0.2) is 9.78 Å².